The Labute approximate surface area is 189 Å². The summed E-state index contributed by atoms with van der Waals surface area (Å²) in [6.45, 7) is 0.891. The fraction of sp³-hybridized carbons (Fsp3) is 0.143. The molecule has 0 unspecified atom stereocenters. The Balaban J connectivity index is 1.56. The summed E-state index contributed by atoms with van der Waals surface area (Å²) in [5, 5.41) is 0.922. The van der Waals surface area contributed by atoms with Crippen LogP contribution in [0.5, 0.6) is 5.75 Å². The Kier molecular flexibility index (Phi) is 6.15. The molecule has 0 aliphatic carbocycles. The van der Waals surface area contributed by atoms with E-state index >= 15 is 0 Å². The van der Waals surface area contributed by atoms with Gasteiger partial charge in [-0.1, -0.05) is 66.7 Å². The van der Waals surface area contributed by atoms with Crippen LogP contribution in [0.2, 0.25) is 0 Å². The zero-order valence-electron chi connectivity index (χ0n) is 18.7. The summed E-state index contributed by atoms with van der Waals surface area (Å²) in [7, 11) is 6.41. The normalized spacial score (nSPS) is 11.7. The first-order chi connectivity index (χ1) is 15.4. The van der Waals surface area contributed by atoms with Gasteiger partial charge in [0.1, 0.15) is 12.1 Å². The molecule has 4 aromatic rings. The Morgan fingerprint density at radius 1 is 0.844 bits per heavy atom. The molecule has 0 atom stereocenters. The number of carbonyl (C=O) groups excluding carboxylic acids is 1. The average molecular weight is 424 g/mol. The van der Waals surface area contributed by atoms with Gasteiger partial charge in [0, 0.05) is 10.9 Å². The SMILES string of the molecule is C[N+](C)(C)Cc1ccc(C(=O)Oc2cccc3ccc(/C=C/c4ccccc4)nc23)cc1. The number of esters is 1. The van der Waals surface area contributed by atoms with E-state index in [-0.39, 0.29) is 5.97 Å². The molecule has 32 heavy (non-hydrogen) atoms. The number of fused-ring (bicyclic) bond motifs is 1. The Hall–Kier alpha value is -3.76. The quantitative estimate of drug-likeness (QED) is 0.222. The molecule has 0 spiro atoms. The van der Waals surface area contributed by atoms with Crippen molar-refractivity contribution < 1.29 is 14.0 Å². The van der Waals surface area contributed by atoms with Gasteiger partial charge in [-0.3, -0.25) is 0 Å². The lowest BCUT2D eigenvalue weighted by atomic mass is 10.1. The largest absolute Gasteiger partial charge is 0.421 e. The number of hydrogen-bond acceptors (Lipinski definition) is 3. The molecule has 4 nitrogen and oxygen atoms in total. The number of quaternary nitrogens is 1. The van der Waals surface area contributed by atoms with Crippen LogP contribution in [0.1, 0.15) is 27.2 Å². The van der Waals surface area contributed by atoms with Crippen LogP contribution in [0.3, 0.4) is 0 Å². The minimum Gasteiger partial charge on any atom is -0.421 e. The predicted octanol–water partition coefficient (Wildman–Crippen LogP) is 5.83. The van der Waals surface area contributed by atoms with Gasteiger partial charge in [-0.15, -0.1) is 0 Å². The highest BCUT2D eigenvalue weighted by atomic mass is 16.5. The van der Waals surface area contributed by atoms with Gasteiger partial charge in [0.05, 0.1) is 32.4 Å². The summed E-state index contributed by atoms with van der Waals surface area (Å²) in [6.07, 6.45) is 3.97. The van der Waals surface area contributed by atoms with Crippen molar-refractivity contribution in [2.24, 2.45) is 0 Å². The highest BCUT2D eigenvalue weighted by molar-refractivity contribution is 5.94. The van der Waals surface area contributed by atoms with E-state index in [9.17, 15) is 4.79 Å². The average Bonchev–Trinajstić information content (AvgIpc) is 2.78. The van der Waals surface area contributed by atoms with Crippen LogP contribution in [-0.4, -0.2) is 36.6 Å². The first-order valence-electron chi connectivity index (χ1n) is 10.6. The maximum absolute atomic E-state index is 12.8. The van der Waals surface area contributed by atoms with E-state index in [2.05, 4.69) is 21.1 Å². The monoisotopic (exact) mass is 423 g/mol. The first kappa shape index (κ1) is 21.5. The van der Waals surface area contributed by atoms with E-state index in [0.29, 0.717) is 16.8 Å². The van der Waals surface area contributed by atoms with Crippen LogP contribution in [0, 0.1) is 0 Å². The van der Waals surface area contributed by atoms with Crippen molar-refractivity contribution in [3.05, 3.63) is 107 Å². The van der Waals surface area contributed by atoms with Gasteiger partial charge >= 0.3 is 5.97 Å². The third kappa shape index (κ3) is 5.48. The molecule has 160 valence electrons. The highest BCUT2D eigenvalue weighted by Crippen LogP contribution is 2.25. The van der Waals surface area contributed by atoms with E-state index in [4.69, 9.17) is 9.72 Å². The van der Waals surface area contributed by atoms with Gasteiger partial charge in [-0.05, 0) is 35.9 Å². The van der Waals surface area contributed by atoms with Gasteiger partial charge in [-0.2, -0.15) is 0 Å². The fourth-order valence-electron chi connectivity index (χ4n) is 3.51. The molecule has 4 rings (SSSR count). The molecule has 1 heterocycles. The summed E-state index contributed by atoms with van der Waals surface area (Å²) in [6, 6.07) is 27.2. The van der Waals surface area contributed by atoms with Crippen molar-refractivity contribution in [1.82, 2.24) is 4.98 Å². The Bertz CT molecular complexity index is 1250. The summed E-state index contributed by atoms with van der Waals surface area (Å²) in [4.78, 5) is 17.5. The predicted molar refractivity (Wildman–Crippen MR) is 130 cm³/mol. The standard InChI is InChI=1S/C28H27N2O2/c1-30(2,3)20-22-12-15-24(16-13-22)28(31)32-26-11-7-10-23-17-19-25(29-27(23)26)18-14-21-8-5-4-6-9-21/h4-19H,20H2,1-3H3/q+1/b18-14+. The molecule has 4 heteroatoms. The number of benzene rings is 3. The van der Waals surface area contributed by atoms with Crippen molar-refractivity contribution in [3.8, 4) is 5.75 Å². The molecule has 0 amide bonds. The molecule has 0 radical (unpaired) electrons. The van der Waals surface area contributed by atoms with Crippen LogP contribution in [0.15, 0.2) is 84.9 Å². The summed E-state index contributed by atoms with van der Waals surface area (Å²) < 4.78 is 6.57. The van der Waals surface area contributed by atoms with Gasteiger partial charge in [0.2, 0.25) is 0 Å². The molecule has 0 saturated heterocycles. The number of rotatable bonds is 6. The lowest BCUT2D eigenvalue weighted by Gasteiger charge is -2.23. The maximum atomic E-state index is 12.8. The van der Waals surface area contributed by atoms with Crippen LogP contribution in [0.4, 0.5) is 0 Å². The van der Waals surface area contributed by atoms with Crippen LogP contribution >= 0.6 is 0 Å². The number of aromatic nitrogens is 1. The number of nitrogens with zero attached hydrogens (tertiary/aromatic N) is 2. The minimum absolute atomic E-state index is 0.388. The van der Waals surface area contributed by atoms with E-state index in [1.165, 1.54) is 5.56 Å². The zero-order valence-corrected chi connectivity index (χ0v) is 18.7. The van der Waals surface area contributed by atoms with Crippen molar-refractivity contribution in [1.29, 1.82) is 0 Å². The van der Waals surface area contributed by atoms with Gasteiger partial charge in [0.15, 0.2) is 5.75 Å². The topological polar surface area (TPSA) is 39.2 Å². The van der Waals surface area contributed by atoms with Crippen molar-refractivity contribution in [2.45, 2.75) is 6.54 Å². The summed E-state index contributed by atoms with van der Waals surface area (Å²) in [5.74, 6) is 0.0687. The summed E-state index contributed by atoms with van der Waals surface area (Å²) in [5.41, 5.74) is 4.26. The number of para-hydroxylation sites is 1. The van der Waals surface area contributed by atoms with Crippen molar-refractivity contribution in [2.75, 3.05) is 21.1 Å². The van der Waals surface area contributed by atoms with E-state index in [1.54, 1.807) is 6.07 Å². The highest BCUT2D eigenvalue weighted by Gasteiger charge is 2.14. The summed E-state index contributed by atoms with van der Waals surface area (Å²) >= 11 is 0. The number of pyridine rings is 1. The van der Waals surface area contributed by atoms with Crippen LogP contribution < -0.4 is 4.74 Å². The molecule has 0 saturated carbocycles. The van der Waals surface area contributed by atoms with Crippen LogP contribution in [-0.2, 0) is 6.54 Å². The number of hydrogen-bond donors (Lipinski definition) is 0. The fourth-order valence-corrected chi connectivity index (χ4v) is 3.51. The van der Waals surface area contributed by atoms with Crippen molar-refractivity contribution >= 4 is 29.0 Å². The molecule has 3 aromatic carbocycles. The molecular weight excluding hydrogens is 396 g/mol. The third-order valence-electron chi connectivity index (χ3n) is 5.00. The van der Waals surface area contributed by atoms with Gasteiger partial charge in [-0.25, -0.2) is 9.78 Å². The molecule has 0 aliphatic rings. The minimum atomic E-state index is -0.388. The Morgan fingerprint density at radius 3 is 2.31 bits per heavy atom. The van der Waals surface area contributed by atoms with E-state index < -0.39 is 0 Å². The maximum Gasteiger partial charge on any atom is 0.343 e. The smallest absolute Gasteiger partial charge is 0.343 e. The number of ether oxygens (including phenoxy) is 1. The van der Waals surface area contributed by atoms with Gasteiger partial charge in [0.25, 0.3) is 0 Å². The molecule has 0 fully saturated rings. The van der Waals surface area contributed by atoms with E-state index in [0.717, 1.165) is 27.7 Å². The lowest BCUT2D eigenvalue weighted by molar-refractivity contribution is -0.884. The second-order valence-corrected chi connectivity index (χ2v) is 8.84. The second kappa shape index (κ2) is 9.16. The van der Waals surface area contributed by atoms with Crippen LogP contribution in [0.25, 0.3) is 23.1 Å². The zero-order chi connectivity index (χ0) is 22.6. The molecule has 0 aliphatic heterocycles. The molecular formula is C28H27N2O2+. The van der Waals surface area contributed by atoms with Crippen molar-refractivity contribution in [3.63, 3.8) is 0 Å². The third-order valence-corrected chi connectivity index (χ3v) is 5.00. The molecule has 0 bridgehead atoms. The Morgan fingerprint density at radius 2 is 1.59 bits per heavy atom. The molecule has 1 aromatic heterocycles. The second-order valence-electron chi connectivity index (χ2n) is 8.84. The molecule has 0 N–H and O–H groups in total. The first-order valence-corrected chi connectivity index (χ1v) is 10.6. The van der Waals surface area contributed by atoms with E-state index in [1.807, 2.05) is 91.0 Å². The lowest BCUT2D eigenvalue weighted by Crippen LogP contribution is -2.33. The number of carbonyl (C=O) groups is 1. The van der Waals surface area contributed by atoms with Gasteiger partial charge < -0.3 is 9.22 Å².